The molecule has 0 spiro atoms. The summed E-state index contributed by atoms with van der Waals surface area (Å²) in [4.78, 5) is 22.9. The summed E-state index contributed by atoms with van der Waals surface area (Å²) in [5.74, 6) is 0.979. The van der Waals surface area contributed by atoms with Crippen molar-refractivity contribution in [3.05, 3.63) is 93.0 Å². The SMILES string of the molecule is COc1ccc(-n2c(SCC(=O)N/N=C/c3ccc(Cl)c([N+](=O)[O-])c3)nnc2-c2ccc(C)cc2)cc1. The Labute approximate surface area is 221 Å². The van der Waals surface area contributed by atoms with E-state index in [-0.39, 0.29) is 22.4 Å². The van der Waals surface area contributed by atoms with Crippen LogP contribution in [0.3, 0.4) is 0 Å². The van der Waals surface area contributed by atoms with E-state index in [0.29, 0.717) is 22.3 Å². The highest BCUT2D eigenvalue weighted by Gasteiger charge is 2.17. The standard InChI is InChI=1S/C25H21ClN6O4S/c1-16-3-6-18(7-4-16)24-29-30-25(31(24)19-8-10-20(36-2)11-9-19)37-15-23(33)28-27-14-17-5-12-21(26)22(13-17)32(34)35/h3-14H,15H2,1-2H3,(H,28,33)/b27-14+. The van der Waals surface area contributed by atoms with Gasteiger partial charge in [-0.3, -0.25) is 19.5 Å². The van der Waals surface area contributed by atoms with Crippen molar-refractivity contribution in [2.24, 2.45) is 5.10 Å². The van der Waals surface area contributed by atoms with Crippen molar-refractivity contribution in [3.63, 3.8) is 0 Å². The molecule has 0 aliphatic carbocycles. The summed E-state index contributed by atoms with van der Waals surface area (Å²) in [7, 11) is 1.60. The molecule has 0 saturated heterocycles. The van der Waals surface area contributed by atoms with Gasteiger partial charge in [0.1, 0.15) is 10.8 Å². The molecule has 0 fully saturated rings. The van der Waals surface area contributed by atoms with Crippen molar-refractivity contribution in [3.8, 4) is 22.8 Å². The lowest BCUT2D eigenvalue weighted by molar-refractivity contribution is -0.384. The first-order chi connectivity index (χ1) is 17.9. The molecular formula is C25H21ClN6O4S. The van der Waals surface area contributed by atoms with Gasteiger partial charge < -0.3 is 4.74 Å². The zero-order chi connectivity index (χ0) is 26.4. The van der Waals surface area contributed by atoms with Crippen LogP contribution in [0, 0.1) is 17.0 Å². The Morgan fingerprint density at radius 3 is 2.57 bits per heavy atom. The highest BCUT2D eigenvalue weighted by atomic mass is 35.5. The number of halogens is 1. The number of nitrogens with zero attached hydrogens (tertiary/aromatic N) is 5. The van der Waals surface area contributed by atoms with Crippen LogP contribution in [0.2, 0.25) is 5.02 Å². The number of hydrogen-bond acceptors (Lipinski definition) is 8. The average molecular weight is 537 g/mol. The summed E-state index contributed by atoms with van der Waals surface area (Å²) in [6, 6.07) is 19.6. The monoisotopic (exact) mass is 536 g/mol. The van der Waals surface area contributed by atoms with Crippen molar-refractivity contribution < 1.29 is 14.5 Å². The molecule has 1 heterocycles. The topological polar surface area (TPSA) is 125 Å². The molecule has 0 aliphatic heterocycles. The summed E-state index contributed by atoms with van der Waals surface area (Å²) in [6.45, 7) is 2.01. The highest BCUT2D eigenvalue weighted by Crippen LogP contribution is 2.29. The number of amides is 1. The first kappa shape index (κ1) is 25.9. The number of carbonyl (C=O) groups excluding carboxylic acids is 1. The minimum absolute atomic E-state index is 0.0142. The molecule has 3 aromatic carbocycles. The first-order valence-electron chi connectivity index (χ1n) is 10.9. The van der Waals surface area contributed by atoms with Crippen LogP contribution in [0.1, 0.15) is 11.1 Å². The van der Waals surface area contributed by atoms with E-state index >= 15 is 0 Å². The molecule has 10 nitrogen and oxygen atoms in total. The summed E-state index contributed by atoms with van der Waals surface area (Å²) < 4.78 is 7.14. The second kappa shape index (κ2) is 11.7. The minimum atomic E-state index is -0.585. The Kier molecular flexibility index (Phi) is 8.16. The molecular weight excluding hydrogens is 516 g/mol. The third kappa shape index (κ3) is 6.32. The molecule has 0 bridgehead atoms. The molecule has 0 saturated carbocycles. The van der Waals surface area contributed by atoms with Gasteiger partial charge in [-0.05, 0) is 37.3 Å². The summed E-state index contributed by atoms with van der Waals surface area (Å²) in [5, 5.41) is 24.2. The second-order valence-corrected chi connectivity index (χ2v) is 9.11. The lowest BCUT2D eigenvalue weighted by atomic mass is 10.1. The van der Waals surface area contributed by atoms with Crippen molar-refractivity contribution >= 4 is 41.2 Å². The van der Waals surface area contributed by atoms with Gasteiger partial charge in [0.25, 0.3) is 11.6 Å². The number of hydrogen-bond donors (Lipinski definition) is 1. The van der Waals surface area contributed by atoms with E-state index in [9.17, 15) is 14.9 Å². The molecule has 0 radical (unpaired) electrons. The van der Waals surface area contributed by atoms with E-state index in [1.807, 2.05) is 60.0 Å². The molecule has 12 heteroatoms. The fourth-order valence-corrected chi connectivity index (χ4v) is 4.24. The number of ether oxygens (including phenoxy) is 1. The van der Waals surface area contributed by atoms with E-state index in [0.717, 1.165) is 16.8 Å². The third-order valence-corrected chi connectivity index (χ3v) is 6.42. The van der Waals surface area contributed by atoms with E-state index in [2.05, 4.69) is 20.7 Å². The fourth-order valence-electron chi connectivity index (χ4n) is 3.31. The van der Waals surface area contributed by atoms with Crippen LogP contribution in [0.5, 0.6) is 5.75 Å². The Morgan fingerprint density at radius 2 is 1.89 bits per heavy atom. The van der Waals surface area contributed by atoms with Crippen LogP contribution in [0.15, 0.2) is 77.0 Å². The Bertz CT molecular complexity index is 1460. The number of aryl methyl sites for hydroxylation is 1. The Balaban J connectivity index is 1.50. The zero-order valence-electron chi connectivity index (χ0n) is 19.8. The van der Waals surface area contributed by atoms with E-state index < -0.39 is 4.92 Å². The first-order valence-corrected chi connectivity index (χ1v) is 12.3. The number of carbonyl (C=O) groups is 1. The maximum Gasteiger partial charge on any atom is 0.288 e. The zero-order valence-corrected chi connectivity index (χ0v) is 21.4. The predicted molar refractivity (Wildman–Crippen MR) is 143 cm³/mol. The van der Waals surface area contributed by atoms with Gasteiger partial charge >= 0.3 is 0 Å². The van der Waals surface area contributed by atoms with Gasteiger partial charge in [-0.2, -0.15) is 5.10 Å². The quantitative estimate of drug-likeness (QED) is 0.137. The van der Waals surface area contributed by atoms with Gasteiger partial charge in [-0.1, -0.05) is 59.3 Å². The molecule has 1 aromatic heterocycles. The van der Waals surface area contributed by atoms with Gasteiger partial charge in [0.2, 0.25) is 0 Å². The Hall–Kier alpha value is -4.22. The van der Waals surface area contributed by atoms with Gasteiger partial charge in [-0.15, -0.1) is 10.2 Å². The van der Waals surface area contributed by atoms with Gasteiger partial charge in [0, 0.05) is 22.9 Å². The van der Waals surface area contributed by atoms with E-state index in [1.54, 1.807) is 13.2 Å². The molecule has 0 unspecified atom stereocenters. The number of aromatic nitrogens is 3. The molecule has 4 rings (SSSR count). The molecule has 4 aromatic rings. The molecule has 1 amide bonds. The average Bonchev–Trinajstić information content (AvgIpc) is 3.32. The van der Waals surface area contributed by atoms with Crippen LogP contribution in [0.4, 0.5) is 5.69 Å². The van der Waals surface area contributed by atoms with Crippen LogP contribution in [0.25, 0.3) is 17.1 Å². The van der Waals surface area contributed by atoms with E-state index in [4.69, 9.17) is 16.3 Å². The predicted octanol–water partition coefficient (Wildman–Crippen LogP) is 5.06. The lowest BCUT2D eigenvalue weighted by Crippen LogP contribution is -2.20. The van der Waals surface area contributed by atoms with Crippen molar-refractivity contribution in [1.29, 1.82) is 0 Å². The van der Waals surface area contributed by atoms with Crippen LogP contribution < -0.4 is 10.2 Å². The van der Waals surface area contributed by atoms with Crippen LogP contribution >= 0.6 is 23.4 Å². The lowest BCUT2D eigenvalue weighted by Gasteiger charge is -2.11. The largest absolute Gasteiger partial charge is 0.497 e. The number of nitro benzene ring substituents is 1. The third-order valence-electron chi connectivity index (χ3n) is 5.18. The number of methoxy groups -OCH3 is 1. The normalized spacial score (nSPS) is 11.0. The number of rotatable bonds is 9. The van der Waals surface area contributed by atoms with Gasteiger partial charge in [-0.25, -0.2) is 5.43 Å². The van der Waals surface area contributed by atoms with Crippen LogP contribution in [-0.2, 0) is 4.79 Å². The highest BCUT2D eigenvalue weighted by molar-refractivity contribution is 7.99. The number of benzene rings is 3. The molecule has 37 heavy (non-hydrogen) atoms. The number of hydrazone groups is 1. The molecule has 0 atom stereocenters. The fraction of sp³-hybridized carbons (Fsp3) is 0.120. The number of nitro groups is 1. The van der Waals surface area contributed by atoms with Gasteiger partial charge in [0.05, 0.1) is 24.0 Å². The van der Waals surface area contributed by atoms with Crippen molar-refractivity contribution in [2.45, 2.75) is 12.1 Å². The van der Waals surface area contributed by atoms with Gasteiger partial charge in [0.15, 0.2) is 11.0 Å². The molecule has 1 N–H and O–H groups in total. The minimum Gasteiger partial charge on any atom is -0.497 e. The summed E-state index contributed by atoms with van der Waals surface area (Å²) >= 11 is 7.02. The van der Waals surface area contributed by atoms with Crippen molar-refractivity contribution in [2.75, 3.05) is 12.9 Å². The smallest absolute Gasteiger partial charge is 0.288 e. The summed E-state index contributed by atoms with van der Waals surface area (Å²) in [6.07, 6.45) is 1.31. The second-order valence-electron chi connectivity index (χ2n) is 7.76. The van der Waals surface area contributed by atoms with Crippen molar-refractivity contribution in [1.82, 2.24) is 20.2 Å². The molecule has 0 aliphatic rings. The number of nitrogens with one attached hydrogen (secondary N) is 1. The van der Waals surface area contributed by atoms with Crippen LogP contribution in [-0.4, -0.2) is 44.7 Å². The molecule has 188 valence electrons. The maximum atomic E-state index is 12.4. The number of thioether (sulfide) groups is 1. The maximum absolute atomic E-state index is 12.4. The summed E-state index contributed by atoms with van der Waals surface area (Å²) in [5.41, 5.74) is 5.42. The van der Waals surface area contributed by atoms with E-state index in [1.165, 1.54) is 30.1 Å². The Morgan fingerprint density at radius 1 is 1.16 bits per heavy atom.